The quantitative estimate of drug-likeness (QED) is 0.414. The maximum atomic E-state index is 10.5. The number of ether oxygens (including phenoxy) is 1. The largest absolute Gasteiger partial charge is 0.394 e. The van der Waals surface area contributed by atoms with Crippen LogP contribution < -0.4 is 0 Å². The molecule has 0 aromatic rings. The summed E-state index contributed by atoms with van der Waals surface area (Å²) in [6, 6.07) is 0. The van der Waals surface area contributed by atoms with E-state index >= 15 is 0 Å². The van der Waals surface area contributed by atoms with Crippen molar-refractivity contribution in [2.75, 3.05) is 6.61 Å². The Morgan fingerprint density at radius 1 is 1.10 bits per heavy atom. The van der Waals surface area contributed by atoms with Crippen LogP contribution in [0.2, 0.25) is 0 Å². The highest BCUT2D eigenvalue weighted by Gasteiger charge is 2.54. The molecule has 1 heterocycles. The Hall–Kier alpha value is -0.240. The molecule has 0 aliphatic carbocycles. The Balaban J connectivity index is 2.68. The van der Waals surface area contributed by atoms with Crippen molar-refractivity contribution in [1.82, 2.24) is 0 Å². The normalized spacial score (nSPS) is 39.8. The maximum Gasteiger partial charge on any atom is 0.197 e. The van der Waals surface area contributed by atoms with Crippen molar-refractivity contribution < 1.29 is 30.3 Å². The zero-order chi connectivity index (χ0) is 15.3. The number of unbranched alkanes of at least 4 members (excludes halogenated alkanes) is 3. The molecule has 0 aromatic carbocycles. The standard InChI is InChI=1S/C14H28O6/c1-3-4-5-6-7-9(2)14(19)13(18)12(17)11(16)10(8-15)20-14/h9-13,15-19H,3-8H2,1-2H3/t9?,10-,11-,12+,13-,14-/m1/s1. The van der Waals surface area contributed by atoms with E-state index in [1.165, 1.54) is 0 Å². The summed E-state index contributed by atoms with van der Waals surface area (Å²) in [5, 5.41) is 49.1. The number of rotatable bonds is 7. The van der Waals surface area contributed by atoms with Crippen LogP contribution in [0.3, 0.4) is 0 Å². The molecule has 0 aromatic heterocycles. The highest BCUT2D eigenvalue weighted by molar-refractivity contribution is 4.98. The lowest BCUT2D eigenvalue weighted by molar-refractivity contribution is -0.367. The average molecular weight is 292 g/mol. The van der Waals surface area contributed by atoms with Gasteiger partial charge in [0.05, 0.1) is 6.61 Å². The molecular weight excluding hydrogens is 264 g/mol. The van der Waals surface area contributed by atoms with Gasteiger partial charge in [-0.05, 0) is 6.42 Å². The topological polar surface area (TPSA) is 110 Å². The van der Waals surface area contributed by atoms with E-state index in [1.807, 2.05) is 0 Å². The molecule has 0 amide bonds. The summed E-state index contributed by atoms with van der Waals surface area (Å²) in [6.07, 6.45) is -0.888. The molecule has 6 nitrogen and oxygen atoms in total. The Morgan fingerprint density at radius 3 is 2.30 bits per heavy atom. The molecule has 1 saturated heterocycles. The molecular formula is C14H28O6. The number of hydrogen-bond acceptors (Lipinski definition) is 6. The van der Waals surface area contributed by atoms with Gasteiger partial charge >= 0.3 is 0 Å². The predicted molar refractivity (Wildman–Crippen MR) is 72.9 cm³/mol. The highest BCUT2D eigenvalue weighted by Crippen LogP contribution is 2.36. The molecule has 5 N–H and O–H groups in total. The zero-order valence-corrected chi connectivity index (χ0v) is 12.3. The molecule has 1 aliphatic heterocycles. The van der Waals surface area contributed by atoms with Gasteiger partial charge < -0.3 is 30.3 Å². The molecule has 0 saturated carbocycles. The molecule has 6 heteroatoms. The molecule has 120 valence electrons. The lowest BCUT2D eigenvalue weighted by Gasteiger charge is -2.48. The first-order chi connectivity index (χ1) is 9.38. The maximum absolute atomic E-state index is 10.5. The van der Waals surface area contributed by atoms with Crippen molar-refractivity contribution in [3.8, 4) is 0 Å². The Bertz CT molecular complexity index is 285. The summed E-state index contributed by atoms with van der Waals surface area (Å²) < 4.78 is 5.28. The average Bonchev–Trinajstić information content (AvgIpc) is 2.45. The van der Waals surface area contributed by atoms with Crippen LogP contribution in [0.15, 0.2) is 0 Å². The first-order valence-corrected chi connectivity index (χ1v) is 7.43. The monoisotopic (exact) mass is 292 g/mol. The van der Waals surface area contributed by atoms with E-state index in [2.05, 4.69) is 6.92 Å². The van der Waals surface area contributed by atoms with Crippen LogP contribution in [0.4, 0.5) is 0 Å². The highest BCUT2D eigenvalue weighted by atomic mass is 16.7. The molecule has 6 atom stereocenters. The number of aliphatic hydroxyl groups is 5. The molecule has 0 bridgehead atoms. The third kappa shape index (κ3) is 3.69. The van der Waals surface area contributed by atoms with Gasteiger partial charge in [0.1, 0.15) is 24.4 Å². The van der Waals surface area contributed by atoms with Crippen molar-refractivity contribution in [3.05, 3.63) is 0 Å². The van der Waals surface area contributed by atoms with E-state index in [4.69, 9.17) is 9.84 Å². The van der Waals surface area contributed by atoms with Gasteiger partial charge in [-0.1, -0.05) is 39.5 Å². The number of aliphatic hydroxyl groups excluding tert-OH is 4. The van der Waals surface area contributed by atoms with Gasteiger partial charge in [0, 0.05) is 5.92 Å². The fraction of sp³-hybridized carbons (Fsp3) is 1.00. The third-order valence-electron chi connectivity index (χ3n) is 4.19. The van der Waals surface area contributed by atoms with Crippen molar-refractivity contribution in [2.24, 2.45) is 5.92 Å². The fourth-order valence-corrected chi connectivity index (χ4v) is 2.67. The second kappa shape index (κ2) is 7.68. The lowest BCUT2D eigenvalue weighted by Crippen LogP contribution is -2.67. The summed E-state index contributed by atoms with van der Waals surface area (Å²) >= 11 is 0. The lowest BCUT2D eigenvalue weighted by atomic mass is 9.83. The van der Waals surface area contributed by atoms with E-state index in [1.54, 1.807) is 6.92 Å². The smallest absolute Gasteiger partial charge is 0.197 e. The van der Waals surface area contributed by atoms with E-state index in [-0.39, 0.29) is 0 Å². The van der Waals surface area contributed by atoms with Crippen LogP contribution >= 0.6 is 0 Å². The van der Waals surface area contributed by atoms with Crippen molar-refractivity contribution in [1.29, 1.82) is 0 Å². The van der Waals surface area contributed by atoms with Gasteiger partial charge in [0.25, 0.3) is 0 Å². The van der Waals surface area contributed by atoms with Gasteiger partial charge in [0.2, 0.25) is 0 Å². The van der Waals surface area contributed by atoms with Gasteiger partial charge in [-0.15, -0.1) is 0 Å². The first kappa shape index (κ1) is 17.8. The van der Waals surface area contributed by atoms with Crippen LogP contribution in [0.25, 0.3) is 0 Å². The van der Waals surface area contributed by atoms with Crippen molar-refractivity contribution in [3.63, 3.8) is 0 Å². The molecule has 20 heavy (non-hydrogen) atoms. The Morgan fingerprint density at radius 2 is 1.75 bits per heavy atom. The Labute approximate surface area is 120 Å². The van der Waals surface area contributed by atoms with Crippen molar-refractivity contribution in [2.45, 2.75) is 76.2 Å². The van der Waals surface area contributed by atoms with Crippen LogP contribution in [0.1, 0.15) is 46.0 Å². The third-order valence-corrected chi connectivity index (χ3v) is 4.19. The molecule has 1 rings (SSSR count). The molecule has 0 radical (unpaired) electrons. The predicted octanol–water partition coefficient (Wildman–Crippen LogP) is -0.245. The second-order valence-corrected chi connectivity index (χ2v) is 5.77. The zero-order valence-electron chi connectivity index (χ0n) is 12.3. The van der Waals surface area contributed by atoms with Crippen LogP contribution in [0, 0.1) is 5.92 Å². The molecule has 0 spiro atoms. The van der Waals surface area contributed by atoms with Crippen molar-refractivity contribution >= 4 is 0 Å². The van der Waals surface area contributed by atoms with Crippen LogP contribution in [-0.4, -0.2) is 62.3 Å². The molecule has 1 unspecified atom stereocenters. The van der Waals surface area contributed by atoms with E-state index in [0.717, 1.165) is 25.7 Å². The van der Waals surface area contributed by atoms with Crippen LogP contribution in [0.5, 0.6) is 0 Å². The minimum atomic E-state index is -1.95. The van der Waals surface area contributed by atoms with Gasteiger partial charge in [0.15, 0.2) is 5.79 Å². The Kier molecular flexibility index (Phi) is 6.84. The fourth-order valence-electron chi connectivity index (χ4n) is 2.67. The van der Waals surface area contributed by atoms with Gasteiger partial charge in [-0.2, -0.15) is 0 Å². The second-order valence-electron chi connectivity index (χ2n) is 5.77. The molecule has 1 fully saturated rings. The summed E-state index contributed by atoms with van der Waals surface area (Å²) in [5.74, 6) is -2.36. The summed E-state index contributed by atoms with van der Waals surface area (Å²) in [6.45, 7) is 3.30. The van der Waals surface area contributed by atoms with Gasteiger partial charge in [-0.3, -0.25) is 0 Å². The van der Waals surface area contributed by atoms with E-state index in [9.17, 15) is 20.4 Å². The summed E-state index contributed by atoms with van der Waals surface area (Å²) in [4.78, 5) is 0. The minimum Gasteiger partial charge on any atom is -0.394 e. The van der Waals surface area contributed by atoms with Gasteiger partial charge in [-0.25, -0.2) is 0 Å². The van der Waals surface area contributed by atoms with E-state index < -0.39 is 42.7 Å². The van der Waals surface area contributed by atoms with E-state index in [0.29, 0.717) is 6.42 Å². The summed E-state index contributed by atoms with van der Waals surface area (Å²) in [5.41, 5.74) is 0. The first-order valence-electron chi connectivity index (χ1n) is 7.43. The minimum absolute atomic E-state index is 0.412. The SMILES string of the molecule is CCCCCCC(C)[C@@]1(O)O[C@H](CO)[C@@H](O)[C@H](O)[C@H]1O. The number of hydrogen-bond donors (Lipinski definition) is 5. The summed E-state index contributed by atoms with van der Waals surface area (Å²) in [7, 11) is 0. The van der Waals surface area contributed by atoms with Crippen LogP contribution in [-0.2, 0) is 4.74 Å². The molecule has 1 aliphatic rings.